The molecule has 0 heterocycles. The van der Waals surface area contributed by atoms with Crippen LogP contribution in [-0.2, 0) is 0 Å². The standard InChI is InChI=1S/C17H28ClNO/c1-3-5-6-7-8-9-16(19-4-2)14-20-17-12-10-15(18)11-13-17/h10-13,16,19H,3-9,14H2,1-2H3. The minimum atomic E-state index is 0.442. The number of likely N-dealkylation sites (N-methyl/N-ethyl adjacent to an activating group) is 1. The summed E-state index contributed by atoms with van der Waals surface area (Å²) in [5.74, 6) is 0.892. The number of unbranched alkanes of at least 4 members (excludes halogenated alkanes) is 4. The van der Waals surface area contributed by atoms with Crippen molar-refractivity contribution in [2.24, 2.45) is 0 Å². The summed E-state index contributed by atoms with van der Waals surface area (Å²) < 4.78 is 5.83. The first-order valence-corrected chi connectivity index (χ1v) is 8.25. The molecule has 0 aliphatic rings. The van der Waals surface area contributed by atoms with Crippen LogP contribution in [0.2, 0.25) is 5.02 Å². The summed E-state index contributed by atoms with van der Waals surface area (Å²) in [4.78, 5) is 0. The highest BCUT2D eigenvalue weighted by atomic mass is 35.5. The van der Waals surface area contributed by atoms with Crippen LogP contribution in [0.15, 0.2) is 24.3 Å². The van der Waals surface area contributed by atoms with Crippen LogP contribution in [0, 0.1) is 0 Å². The number of halogens is 1. The lowest BCUT2D eigenvalue weighted by molar-refractivity contribution is 0.255. The Balaban J connectivity index is 2.25. The van der Waals surface area contributed by atoms with Crippen LogP contribution in [0.5, 0.6) is 5.75 Å². The largest absolute Gasteiger partial charge is 0.492 e. The van der Waals surface area contributed by atoms with Crippen LogP contribution in [0.3, 0.4) is 0 Å². The monoisotopic (exact) mass is 297 g/mol. The van der Waals surface area contributed by atoms with Crippen LogP contribution in [0.25, 0.3) is 0 Å². The zero-order valence-electron chi connectivity index (χ0n) is 12.8. The molecule has 1 N–H and O–H groups in total. The lowest BCUT2D eigenvalue weighted by Gasteiger charge is -2.18. The van der Waals surface area contributed by atoms with E-state index in [2.05, 4.69) is 19.2 Å². The molecule has 1 rings (SSSR count). The minimum Gasteiger partial charge on any atom is -0.492 e. The normalized spacial score (nSPS) is 12.3. The van der Waals surface area contributed by atoms with E-state index in [0.717, 1.165) is 23.9 Å². The molecule has 0 aromatic heterocycles. The third kappa shape index (κ3) is 7.76. The van der Waals surface area contributed by atoms with E-state index in [1.54, 1.807) is 0 Å². The van der Waals surface area contributed by atoms with E-state index >= 15 is 0 Å². The van der Waals surface area contributed by atoms with Gasteiger partial charge in [0.25, 0.3) is 0 Å². The fourth-order valence-electron chi connectivity index (χ4n) is 2.25. The summed E-state index contributed by atoms with van der Waals surface area (Å²) in [6.07, 6.45) is 7.81. The molecule has 0 bridgehead atoms. The minimum absolute atomic E-state index is 0.442. The first-order valence-electron chi connectivity index (χ1n) is 7.88. The zero-order valence-corrected chi connectivity index (χ0v) is 13.6. The molecular formula is C17H28ClNO. The molecule has 20 heavy (non-hydrogen) atoms. The van der Waals surface area contributed by atoms with Gasteiger partial charge >= 0.3 is 0 Å². The second-order valence-electron chi connectivity index (χ2n) is 5.22. The van der Waals surface area contributed by atoms with Crippen molar-refractivity contribution in [3.05, 3.63) is 29.3 Å². The van der Waals surface area contributed by atoms with Gasteiger partial charge in [-0.05, 0) is 37.2 Å². The van der Waals surface area contributed by atoms with Gasteiger partial charge in [-0.25, -0.2) is 0 Å². The molecule has 1 aromatic carbocycles. The molecule has 2 nitrogen and oxygen atoms in total. The molecule has 0 saturated carbocycles. The zero-order chi connectivity index (χ0) is 14.6. The summed E-state index contributed by atoms with van der Waals surface area (Å²) >= 11 is 5.87. The fourth-order valence-corrected chi connectivity index (χ4v) is 2.38. The molecule has 1 aromatic rings. The molecule has 0 amide bonds. The van der Waals surface area contributed by atoms with Crippen molar-refractivity contribution in [3.8, 4) is 5.75 Å². The lowest BCUT2D eigenvalue weighted by Crippen LogP contribution is -2.34. The van der Waals surface area contributed by atoms with E-state index in [0.29, 0.717) is 6.04 Å². The Labute approximate surface area is 128 Å². The highest BCUT2D eigenvalue weighted by Crippen LogP contribution is 2.16. The molecule has 0 fully saturated rings. The molecule has 1 atom stereocenters. The van der Waals surface area contributed by atoms with Crippen LogP contribution < -0.4 is 10.1 Å². The molecule has 0 aliphatic heterocycles. The molecule has 3 heteroatoms. The average molecular weight is 298 g/mol. The Morgan fingerprint density at radius 2 is 1.75 bits per heavy atom. The Morgan fingerprint density at radius 3 is 2.40 bits per heavy atom. The molecule has 1 unspecified atom stereocenters. The van der Waals surface area contributed by atoms with Gasteiger partial charge in [0.15, 0.2) is 0 Å². The van der Waals surface area contributed by atoms with Gasteiger partial charge in [-0.15, -0.1) is 0 Å². The van der Waals surface area contributed by atoms with Crippen LogP contribution in [-0.4, -0.2) is 19.2 Å². The molecule has 114 valence electrons. The highest BCUT2D eigenvalue weighted by Gasteiger charge is 2.08. The molecular weight excluding hydrogens is 270 g/mol. The predicted molar refractivity (Wildman–Crippen MR) is 87.8 cm³/mol. The number of hydrogen-bond acceptors (Lipinski definition) is 2. The van der Waals surface area contributed by atoms with Crippen molar-refractivity contribution in [2.75, 3.05) is 13.2 Å². The van der Waals surface area contributed by atoms with Gasteiger partial charge in [0.1, 0.15) is 12.4 Å². The number of ether oxygens (including phenoxy) is 1. The highest BCUT2D eigenvalue weighted by molar-refractivity contribution is 6.30. The van der Waals surface area contributed by atoms with Crippen molar-refractivity contribution >= 4 is 11.6 Å². The first kappa shape index (κ1) is 17.3. The molecule has 0 aliphatic carbocycles. The van der Waals surface area contributed by atoms with Gasteiger partial charge in [-0.1, -0.05) is 57.6 Å². The van der Waals surface area contributed by atoms with Gasteiger partial charge in [-0.3, -0.25) is 0 Å². The summed E-state index contributed by atoms with van der Waals surface area (Å²) in [5.41, 5.74) is 0. The lowest BCUT2D eigenvalue weighted by atomic mass is 10.1. The topological polar surface area (TPSA) is 21.3 Å². The average Bonchev–Trinajstić information content (AvgIpc) is 2.46. The summed E-state index contributed by atoms with van der Waals surface area (Å²) in [7, 11) is 0. The number of hydrogen-bond donors (Lipinski definition) is 1. The quantitative estimate of drug-likeness (QED) is 0.577. The second kappa shape index (κ2) is 11.0. The maximum atomic E-state index is 5.87. The van der Waals surface area contributed by atoms with Crippen molar-refractivity contribution in [3.63, 3.8) is 0 Å². The smallest absolute Gasteiger partial charge is 0.119 e. The van der Waals surface area contributed by atoms with Gasteiger partial charge in [0.2, 0.25) is 0 Å². The Kier molecular flexibility index (Phi) is 9.52. The first-order chi connectivity index (χ1) is 9.76. The number of rotatable bonds is 11. The van der Waals surface area contributed by atoms with Gasteiger partial charge in [0.05, 0.1) is 0 Å². The molecule has 0 saturated heterocycles. The van der Waals surface area contributed by atoms with Crippen LogP contribution in [0.1, 0.15) is 52.4 Å². The summed E-state index contributed by atoms with van der Waals surface area (Å²) in [6.45, 7) is 6.11. The number of nitrogens with one attached hydrogen (secondary N) is 1. The van der Waals surface area contributed by atoms with Crippen molar-refractivity contribution < 1.29 is 4.74 Å². The van der Waals surface area contributed by atoms with Crippen LogP contribution >= 0.6 is 11.6 Å². The van der Waals surface area contributed by atoms with Gasteiger partial charge in [0, 0.05) is 11.1 Å². The van der Waals surface area contributed by atoms with E-state index in [4.69, 9.17) is 16.3 Å². The van der Waals surface area contributed by atoms with Crippen LogP contribution in [0.4, 0.5) is 0 Å². The Hall–Kier alpha value is -0.730. The van der Waals surface area contributed by atoms with Crippen molar-refractivity contribution in [1.29, 1.82) is 0 Å². The van der Waals surface area contributed by atoms with Gasteiger partial charge < -0.3 is 10.1 Å². The Bertz CT molecular complexity index is 339. The van der Waals surface area contributed by atoms with E-state index in [1.165, 1.54) is 38.5 Å². The fraction of sp³-hybridized carbons (Fsp3) is 0.647. The summed E-state index contributed by atoms with van der Waals surface area (Å²) in [6, 6.07) is 8.02. The maximum Gasteiger partial charge on any atom is 0.119 e. The SMILES string of the molecule is CCCCCCCC(COc1ccc(Cl)cc1)NCC. The van der Waals surface area contributed by atoms with E-state index in [9.17, 15) is 0 Å². The number of benzene rings is 1. The third-order valence-electron chi connectivity index (χ3n) is 3.41. The molecule has 0 spiro atoms. The van der Waals surface area contributed by atoms with Crippen molar-refractivity contribution in [1.82, 2.24) is 5.32 Å². The molecule has 0 radical (unpaired) electrons. The summed E-state index contributed by atoms with van der Waals surface area (Å²) in [5, 5.41) is 4.25. The third-order valence-corrected chi connectivity index (χ3v) is 3.67. The van der Waals surface area contributed by atoms with E-state index in [-0.39, 0.29) is 0 Å². The predicted octanol–water partition coefficient (Wildman–Crippen LogP) is 5.06. The van der Waals surface area contributed by atoms with E-state index < -0.39 is 0 Å². The van der Waals surface area contributed by atoms with Crippen molar-refractivity contribution in [2.45, 2.75) is 58.4 Å². The maximum absolute atomic E-state index is 5.87. The second-order valence-corrected chi connectivity index (χ2v) is 5.66. The van der Waals surface area contributed by atoms with Gasteiger partial charge in [-0.2, -0.15) is 0 Å². The van der Waals surface area contributed by atoms with E-state index in [1.807, 2.05) is 24.3 Å². The Morgan fingerprint density at radius 1 is 1.05 bits per heavy atom.